The van der Waals surface area contributed by atoms with Gasteiger partial charge in [0.15, 0.2) is 25.0 Å². The predicted molar refractivity (Wildman–Crippen MR) is 188 cm³/mol. The molecule has 41 heavy (non-hydrogen) atoms. The van der Waals surface area contributed by atoms with Gasteiger partial charge in [0.1, 0.15) is 12.3 Å². The van der Waals surface area contributed by atoms with E-state index in [1.165, 1.54) is 0 Å². The van der Waals surface area contributed by atoms with Crippen LogP contribution in [0.2, 0.25) is 54.4 Å². The first-order valence-electron chi connectivity index (χ1n) is 15.0. The van der Waals surface area contributed by atoms with Crippen LogP contribution in [0.15, 0.2) is 30.3 Å². The maximum Gasteiger partial charge on any atom is 0.253 e. The Morgan fingerprint density at radius 3 is 1.66 bits per heavy atom. The maximum atomic E-state index is 13.3. The third-order valence-electron chi connectivity index (χ3n) is 9.81. The van der Waals surface area contributed by atoms with Gasteiger partial charge in [-0.3, -0.25) is 4.79 Å². The van der Waals surface area contributed by atoms with Crippen molar-refractivity contribution in [3.63, 3.8) is 0 Å². The molecule has 0 aliphatic carbocycles. The highest BCUT2D eigenvalue weighted by molar-refractivity contribution is 14.1. The van der Waals surface area contributed by atoms with Gasteiger partial charge in [-0.05, 0) is 66.5 Å². The monoisotopic (exact) mass is 735 g/mol. The molecule has 2 rings (SSSR count). The molecule has 0 unspecified atom stereocenters. The van der Waals surface area contributed by atoms with E-state index in [0.29, 0.717) is 12.2 Å². The Morgan fingerprint density at radius 1 is 0.780 bits per heavy atom. The molecule has 0 saturated carbocycles. The maximum absolute atomic E-state index is 13.3. The molecule has 5 atom stereocenters. The van der Waals surface area contributed by atoms with Crippen molar-refractivity contribution in [2.75, 3.05) is 6.61 Å². The lowest BCUT2D eigenvalue weighted by Crippen LogP contribution is -2.67. The Bertz CT molecular complexity index is 1020. The van der Waals surface area contributed by atoms with Crippen molar-refractivity contribution in [3.8, 4) is 0 Å². The molecule has 1 aliphatic rings. The molecule has 6 nitrogen and oxygen atoms in total. The molecule has 10 heteroatoms. The smallest absolute Gasteiger partial charge is 0.253 e. The van der Waals surface area contributed by atoms with E-state index in [9.17, 15) is 4.79 Å². The molecule has 0 aromatic heterocycles. The van der Waals surface area contributed by atoms with Gasteiger partial charge in [-0.1, -0.05) is 103 Å². The van der Waals surface area contributed by atoms with Crippen molar-refractivity contribution in [3.05, 3.63) is 35.9 Å². The number of halogens is 1. The number of hydrogen-bond donors (Lipinski definition) is 1. The van der Waals surface area contributed by atoms with E-state index in [0.717, 1.165) is 0 Å². The van der Waals surface area contributed by atoms with Gasteiger partial charge in [-0.25, -0.2) is 0 Å². The first kappa shape index (κ1) is 37.1. The Labute approximate surface area is 267 Å². The van der Waals surface area contributed by atoms with Gasteiger partial charge in [0.2, 0.25) is 0 Å². The van der Waals surface area contributed by atoms with E-state index in [2.05, 4.69) is 130 Å². The summed E-state index contributed by atoms with van der Waals surface area (Å²) in [6.07, 6.45) is -1.53. The molecule has 1 N–H and O–H groups in total. The van der Waals surface area contributed by atoms with Crippen LogP contribution in [-0.2, 0) is 18.0 Å². The summed E-state index contributed by atoms with van der Waals surface area (Å²) in [6.45, 7) is 34.4. The highest BCUT2D eigenvalue weighted by atomic mass is 127. The van der Waals surface area contributed by atoms with Gasteiger partial charge in [-0.15, -0.1) is 0 Å². The number of nitrogens with one attached hydrogen (secondary N) is 1. The summed E-state index contributed by atoms with van der Waals surface area (Å²) < 4.78 is 27.8. The van der Waals surface area contributed by atoms with Crippen LogP contribution in [0.1, 0.15) is 72.7 Å². The summed E-state index contributed by atoms with van der Waals surface area (Å²) >= 11 is 2.42. The van der Waals surface area contributed by atoms with Crippen molar-refractivity contribution in [1.29, 1.82) is 0 Å². The molecule has 0 radical (unpaired) electrons. The fourth-order valence-corrected chi connectivity index (χ4v) is 8.60. The minimum absolute atomic E-state index is 0.0124. The summed E-state index contributed by atoms with van der Waals surface area (Å²) in [6, 6.07) is 9.31. The number of alkyl halides is 1. The predicted octanol–water partition coefficient (Wildman–Crippen LogP) is 8.75. The number of rotatable bonds is 9. The minimum Gasteiger partial charge on any atom is -0.414 e. The Balaban J connectivity index is 2.58. The van der Waals surface area contributed by atoms with Crippen LogP contribution in [0.5, 0.6) is 0 Å². The zero-order chi connectivity index (χ0) is 31.8. The molecule has 1 aromatic rings. The van der Waals surface area contributed by atoms with Crippen molar-refractivity contribution in [2.24, 2.45) is 0 Å². The minimum atomic E-state index is -2.22. The third-order valence-corrected chi connectivity index (χ3v) is 24.6. The zero-order valence-electron chi connectivity index (χ0n) is 28.4. The Kier molecular flexibility index (Phi) is 11.9. The molecule has 1 fully saturated rings. The second-order valence-electron chi connectivity index (χ2n) is 16.1. The van der Waals surface area contributed by atoms with E-state index >= 15 is 0 Å². The van der Waals surface area contributed by atoms with Gasteiger partial charge in [0.05, 0.1) is 22.7 Å². The summed E-state index contributed by atoms with van der Waals surface area (Å²) in [7, 11) is -6.53. The quantitative estimate of drug-likeness (QED) is 0.156. The topological polar surface area (TPSA) is 66.0 Å². The zero-order valence-corrected chi connectivity index (χ0v) is 33.6. The largest absolute Gasteiger partial charge is 0.414 e. The van der Waals surface area contributed by atoms with Crippen molar-refractivity contribution in [2.45, 2.75) is 145 Å². The number of carbonyl (C=O) groups is 1. The molecule has 1 saturated heterocycles. The van der Waals surface area contributed by atoms with E-state index in [1.807, 2.05) is 30.3 Å². The second-order valence-corrected chi connectivity index (χ2v) is 31.9. The SMILES string of the molecule is CC(C)(C)[Si](C)(C)OC[C@H]1O[C@H](NC(=O)c2ccccc2)[C@@H](I)[C@@H](O[Si](C)(C)C(C)(C)C)[C@@H]1O[Si](C)(C)C(C)(C)C. The van der Waals surface area contributed by atoms with Crippen LogP contribution >= 0.6 is 22.6 Å². The number of benzene rings is 1. The normalized spacial score (nSPS) is 25.2. The summed E-state index contributed by atoms with van der Waals surface area (Å²) in [5, 5.41) is 3.27. The lowest BCUT2D eigenvalue weighted by atomic mass is 10.0. The van der Waals surface area contributed by atoms with Crippen LogP contribution in [0.25, 0.3) is 0 Å². The number of ether oxygens (including phenoxy) is 1. The van der Waals surface area contributed by atoms with Gasteiger partial charge in [-0.2, -0.15) is 0 Å². The van der Waals surface area contributed by atoms with E-state index in [-0.39, 0.29) is 43.3 Å². The Hall–Kier alpha value is -0.0894. The first-order chi connectivity index (χ1) is 18.3. The van der Waals surface area contributed by atoms with Crippen LogP contribution in [0.3, 0.4) is 0 Å². The van der Waals surface area contributed by atoms with Crippen molar-refractivity contribution in [1.82, 2.24) is 5.32 Å². The first-order valence-corrected chi connectivity index (χ1v) is 24.9. The van der Waals surface area contributed by atoms with E-state index in [4.69, 9.17) is 18.0 Å². The average molecular weight is 736 g/mol. The molecular weight excluding hydrogens is 678 g/mol. The third kappa shape index (κ3) is 9.21. The van der Waals surface area contributed by atoms with E-state index < -0.39 is 31.2 Å². The fourth-order valence-electron chi connectivity index (χ4n) is 3.77. The fraction of sp³-hybridized carbons (Fsp3) is 0.774. The molecule has 236 valence electrons. The van der Waals surface area contributed by atoms with Gasteiger partial charge < -0.3 is 23.3 Å². The molecule has 1 heterocycles. The van der Waals surface area contributed by atoms with Crippen LogP contribution in [0, 0.1) is 0 Å². The standard InChI is InChI=1S/C31H58INO5Si3/c1-29(2,3)39(10,11)35-21-23-25(37-40(12,13)30(4,5)6)26(38-41(14,15)31(7,8)9)24(32)28(36-23)33-27(34)22-19-17-16-18-20-22/h16-20,23-26,28H,21H2,1-15H3,(H,33,34)/t23-,24+,25-,26-,28+/m1/s1. The summed E-state index contributed by atoms with van der Waals surface area (Å²) in [5.74, 6) is -0.156. The molecular formula is C31H58INO5Si3. The highest BCUT2D eigenvalue weighted by Gasteiger charge is 2.54. The lowest BCUT2D eigenvalue weighted by Gasteiger charge is -2.52. The highest BCUT2D eigenvalue weighted by Crippen LogP contribution is 2.45. The van der Waals surface area contributed by atoms with Crippen LogP contribution in [-0.4, -0.2) is 65.9 Å². The Morgan fingerprint density at radius 2 is 1.22 bits per heavy atom. The van der Waals surface area contributed by atoms with Gasteiger partial charge in [0.25, 0.3) is 5.91 Å². The molecule has 1 aliphatic heterocycles. The molecule has 1 amide bonds. The number of amides is 1. The van der Waals surface area contributed by atoms with Crippen molar-refractivity contribution >= 4 is 53.5 Å². The van der Waals surface area contributed by atoms with Crippen molar-refractivity contribution < 1.29 is 22.8 Å². The summed E-state index contributed by atoms with van der Waals surface area (Å²) in [5.41, 5.74) is 0.607. The number of carbonyl (C=O) groups excluding carboxylic acids is 1. The van der Waals surface area contributed by atoms with E-state index in [1.54, 1.807) is 0 Å². The molecule has 0 bridgehead atoms. The van der Waals surface area contributed by atoms with Gasteiger partial charge in [0, 0.05) is 5.56 Å². The number of hydrogen-bond acceptors (Lipinski definition) is 5. The second kappa shape index (κ2) is 13.1. The summed E-state index contributed by atoms with van der Waals surface area (Å²) in [4.78, 5) is 13.3. The van der Waals surface area contributed by atoms with Gasteiger partial charge >= 0.3 is 0 Å². The lowest BCUT2D eigenvalue weighted by molar-refractivity contribution is -0.167. The van der Waals surface area contributed by atoms with Crippen LogP contribution < -0.4 is 5.32 Å². The molecule has 0 spiro atoms. The average Bonchev–Trinajstić information content (AvgIpc) is 2.80. The van der Waals surface area contributed by atoms with Crippen LogP contribution in [0.4, 0.5) is 0 Å². The molecule has 1 aromatic carbocycles.